The minimum atomic E-state index is -0.461. The van der Waals surface area contributed by atoms with Crippen LogP contribution in [-0.2, 0) is 4.74 Å². The first kappa shape index (κ1) is 10.3. The van der Waals surface area contributed by atoms with Gasteiger partial charge in [-0.2, -0.15) is 0 Å². The summed E-state index contributed by atoms with van der Waals surface area (Å²) >= 11 is 0. The standard InChI is InChI=1S/C9H17NO3/c1-6-7(11)5-10(6)8(12)13-9(2,3)4/h6-7,11H,5H2,1-4H3/t6-,7-/m0/s1. The molecule has 0 radical (unpaired) electrons. The quantitative estimate of drug-likeness (QED) is 0.615. The Morgan fingerprint density at radius 1 is 1.54 bits per heavy atom. The Labute approximate surface area is 78.5 Å². The van der Waals surface area contributed by atoms with Crippen LogP contribution in [0.1, 0.15) is 27.7 Å². The van der Waals surface area contributed by atoms with Gasteiger partial charge in [-0.25, -0.2) is 4.79 Å². The Morgan fingerprint density at radius 2 is 2.08 bits per heavy atom. The zero-order chi connectivity index (χ0) is 10.2. The van der Waals surface area contributed by atoms with Crippen LogP contribution >= 0.6 is 0 Å². The maximum absolute atomic E-state index is 11.4. The summed E-state index contributed by atoms with van der Waals surface area (Å²) in [7, 11) is 0. The maximum atomic E-state index is 11.4. The molecule has 0 bridgehead atoms. The molecule has 1 heterocycles. The number of aliphatic hydroxyl groups is 1. The summed E-state index contributed by atoms with van der Waals surface area (Å²) in [6.45, 7) is 7.66. The van der Waals surface area contributed by atoms with E-state index in [9.17, 15) is 9.90 Å². The molecule has 13 heavy (non-hydrogen) atoms. The van der Waals surface area contributed by atoms with Crippen molar-refractivity contribution in [3.05, 3.63) is 0 Å². The number of ether oxygens (including phenoxy) is 1. The van der Waals surface area contributed by atoms with Gasteiger partial charge in [0, 0.05) is 0 Å². The van der Waals surface area contributed by atoms with Gasteiger partial charge in [0.1, 0.15) is 5.60 Å². The number of amides is 1. The van der Waals surface area contributed by atoms with Crippen molar-refractivity contribution in [3.63, 3.8) is 0 Å². The zero-order valence-electron chi connectivity index (χ0n) is 8.57. The molecule has 0 saturated carbocycles. The number of aliphatic hydroxyl groups excluding tert-OH is 1. The van der Waals surface area contributed by atoms with E-state index in [2.05, 4.69) is 0 Å². The lowest BCUT2D eigenvalue weighted by atomic mass is 10.0. The van der Waals surface area contributed by atoms with Gasteiger partial charge in [-0.1, -0.05) is 0 Å². The van der Waals surface area contributed by atoms with E-state index in [0.29, 0.717) is 6.54 Å². The van der Waals surface area contributed by atoms with Crippen molar-refractivity contribution < 1.29 is 14.6 Å². The Balaban J connectivity index is 2.42. The Hall–Kier alpha value is -0.770. The summed E-state index contributed by atoms with van der Waals surface area (Å²) in [4.78, 5) is 12.9. The molecule has 4 heteroatoms. The molecule has 0 aromatic heterocycles. The monoisotopic (exact) mass is 187 g/mol. The van der Waals surface area contributed by atoms with E-state index in [-0.39, 0.29) is 12.1 Å². The van der Waals surface area contributed by atoms with Crippen molar-refractivity contribution in [2.75, 3.05) is 6.54 Å². The smallest absolute Gasteiger partial charge is 0.410 e. The second kappa shape index (κ2) is 3.18. The summed E-state index contributed by atoms with van der Waals surface area (Å²) < 4.78 is 5.14. The summed E-state index contributed by atoms with van der Waals surface area (Å²) in [5, 5.41) is 9.18. The highest BCUT2D eigenvalue weighted by atomic mass is 16.6. The molecule has 0 unspecified atom stereocenters. The lowest BCUT2D eigenvalue weighted by molar-refractivity contribution is -0.0640. The van der Waals surface area contributed by atoms with Crippen molar-refractivity contribution in [1.29, 1.82) is 0 Å². The van der Waals surface area contributed by atoms with E-state index in [1.54, 1.807) is 6.92 Å². The van der Waals surface area contributed by atoms with E-state index >= 15 is 0 Å². The minimum Gasteiger partial charge on any atom is -0.444 e. The third-order valence-corrected chi connectivity index (χ3v) is 2.06. The third-order valence-electron chi connectivity index (χ3n) is 2.06. The fourth-order valence-electron chi connectivity index (χ4n) is 1.15. The van der Waals surface area contributed by atoms with Crippen molar-refractivity contribution in [2.24, 2.45) is 0 Å². The number of β-amino-alcohol motifs (C(OH)–C–C–N with tert-alkyl or cyclic N) is 1. The van der Waals surface area contributed by atoms with Gasteiger partial charge in [0.2, 0.25) is 0 Å². The predicted molar refractivity (Wildman–Crippen MR) is 48.4 cm³/mol. The lowest BCUT2D eigenvalue weighted by Gasteiger charge is -2.43. The highest BCUT2D eigenvalue weighted by molar-refractivity contribution is 5.69. The molecule has 76 valence electrons. The highest BCUT2D eigenvalue weighted by Gasteiger charge is 2.39. The number of carbonyl (C=O) groups is 1. The lowest BCUT2D eigenvalue weighted by Crippen LogP contribution is -2.61. The molecule has 1 amide bonds. The SMILES string of the molecule is C[C@H]1[C@@H](O)CN1C(=O)OC(C)(C)C. The predicted octanol–water partition coefficient (Wildman–Crippen LogP) is 0.987. The number of hydrogen-bond acceptors (Lipinski definition) is 3. The molecule has 0 aromatic rings. The van der Waals surface area contributed by atoms with Crippen molar-refractivity contribution in [2.45, 2.75) is 45.4 Å². The second-order valence-corrected chi connectivity index (χ2v) is 4.44. The van der Waals surface area contributed by atoms with Gasteiger partial charge in [-0.05, 0) is 27.7 Å². The zero-order valence-corrected chi connectivity index (χ0v) is 8.57. The molecule has 0 aliphatic carbocycles. The number of nitrogens with zero attached hydrogens (tertiary/aromatic N) is 1. The first-order valence-electron chi connectivity index (χ1n) is 4.49. The van der Waals surface area contributed by atoms with Gasteiger partial charge in [0.25, 0.3) is 0 Å². The molecule has 1 rings (SSSR count). The number of likely N-dealkylation sites (tertiary alicyclic amines) is 1. The largest absolute Gasteiger partial charge is 0.444 e. The van der Waals surface area contributed by atoms with Crippen LogP contribution in [0.3, 0.4) is 0 Å². The van der Waals surface area contributed by atoms with E-state index in [1.807, 2.05) is 20.8 Å². The van der Waals surface area contributed by atoms with Gasteiger partial charge in [-0.15, -0.1) is 0 Å². The average Bonchev–Trinajstić information content (AvgIpc) is 1.95. The van der Waals surface area contributed by atoms with Crippen LogP contribution < -0.4 is 0 Å². The molecule has 4 nitrogen and oxygen atoms in total. The minimum absolute atomic E-state index is 0.116. The van der Waals surface area contributed by atoms with E-state index in [4.69, 9.17) is 4.74 Å². The van der Waals surface area contributed by atoms with E-state index in [1.165, 1.54) is 4.90 Å². The van der Waals surface area contributed by atoms with E-state index in [0.717, 1.165) is 0 Å². The van der Waals surface area contributed by atoms with Crippen LogP contribution in [0.4, 0.5) is 4.79 Å². The molecule has 0 aromatic carbocycles. The van der Waals surface area contributed by atoms with Gasteiger partial charge in [0.05, 0.1) is 18.7 Å². The maximum Gasteiger partial charge on any atom is 0.410 e. The fraction of sp³-hybridized carbons (Fsp3) is 0.889. The fourth-order valence-corrected chi connectivity index (χ4v) is 1.15. The summed E-state index contributed by atoms with van der Waals surface area (Å²) in [5.41, 5.74) is -0.461. The van der Waals surface area contributed by atoms with Crippen LogP contribution in [0, 0.1) is 0 Å². The first-order chi connectivity index (χ1) is 5.81. The Morgan fingerprint density at radius 3 is 2.38 bits per heavy atom. The molecular weight excluding hydrogens is 170 g/mol. The highest BCUT2D eigenvalue weighted by Crippen LogP contribution is 2.20. The Bertz CT molecular complexity index is 209. The number of carbonyl (C=O) groups excluding carboxylic acids is 1. The molecule has 2 atom stereocenters. The van der Waals surface area contributed by atoms with Crippen LogP contribution in [0.5, 0.6) is 0 Å². The number of rotatable bonds is 0. The third kappa shape index (κ3) is 2.34. The first-order valence-corrected chi connectivity index (χ1v) is 4.49. The molecule has 1 saturated heterocycles. The van der Waals surface area contributed by atoms with Crippen LogP contribution in [0.2, 0.25) is 0 Å². The van der Waals surface area contributed by atoms with Crippen LogP contribution in [-0.4, -0.2) is 40.4 Å². The average molecular weight is 187 g/mol. The summed E-state index contributed by atoms with van der Waals surface area (Å²) in [5.74, 6) is 0. The summed E-state index contributed by atoms with van der Waals surface area (Å²) in [6, 6.07) is -0.116. The van der Waals surface area contributed by atoms with Gasteiger partial charge in [-0.3, -0.25) is 0 Å². The normalized spacial score (nSPS) is 28.2. The molecule has 0 spiro atoms. The van der Waals surface area contributed by atoms with Crippen molar-refractivity contribution in [1.82, 2.24) is 4.90 Å². The summed E-state index contributed by atoms with van der Waals surface area (Å²) in [6.07, 6.45) is -0.738. The molecular formula is C9H17NO3. The van der Waals surface area contributed by atoms with Gasteiger partial charge in [0.15, 0.2) is 0 Å². The van der Waals surface area contributed by atoms with Crippen LogP contribution in [0.15, 0.2) is 0 Å². The molecule has 1 aliphatic heterocycles. The second-order valence-electron chi connectivity index (χ2n) is 4.44. The van der Waals surface area contributed by atoms with Gasteiger partial charge >= 0.3 is 6.09 Å². The van der Waals surface area contributed by atoms with Crippen molar-refractivity contribution in [3.8, 4) is 0 Å². The Kier molecular flexibility index (Phi) is 2.52. The molecule has 1 aliphatic rings. The number of hydrogen-bond donors (Lipinski definition) is 1. The van der Waals surface area contributed by atoms with Gasteiger partial charge < -0.3 is 14.7 Å². The van der Waals surface area contributed by atoms with Crippen molar-refractivity contribution >= 4 is 6.09 Å². The van der Waals surface area contributed by atoms with E-state index < -0.39 is 11.7 Å². The molecule has 1 N–H and O–H groups in total. The molecule has 1 fully saturated rings. The van der Waals surface area contributed by atoms with Crippen LogP contribution in [0.25, 0.3) is 0 Å². The topological polar surface area (TPSA) is 49.8 Å².